The number of carboxylic acid groups (broad SMARTS) is 1. The Kier molecular flexibility index (Phi) is 4.16. The molecule has 19 heavy (non-hydrogen) atoms. The van der Waals surface area contributed by atoms with Crippen LogP contribution in [0.4, 0.5) is 10.1 Å². The Morgan fingerprint density at radius 3 is 2.74 bits per heavy atom. The number of nitrogens with one attached hydrogen (secondary N) is 1. The van der Waals surface area contributed by atoms with E-state index in [0.29, 0.717) is 16.7 Å². The molecule has 0 saturated carbocycles. The lowest BCUT2D eigenvalue weighted by Crippen LogP contribution is -2.02. The molecule has 0 bridgehead atoms. The fourth-order valence-electron chi connectivity index (χ4n) is 1.62. The van der Waals surface area contributed by atoms with E-state index in [1.807, 2.05) is 0 Å². The van der Waals surface area contributed by atoms with Gasteiger partial charge in [-0.25, -0.2) is 9.18 Å². The van der Waals surface area contributed by atoms with Crippen LogP contribution in [0.15, 0.2) is 46.9 Å². The molecule has 0 aliphatic heterocycles. The molecule has 0 unspecified atom stereocenters. The summed E-state index contributed by atoms with van der Waals surface area (Å²) in [4.78, 5) is 10.8. The average molecular weight is 324 g/mol. The van der Waals surface area contributed by atoms with Gasteiger partial charge in [-0.05, 0) is 51.8 Å². The second kappa shape index (κ2) is 5.84. The smallest absolute Gasteiger partial charge is 0.335 e. The van der Waals surface area contributed by atoms with E-state index < -0.39 is 5.97 Å². The predicted octanol–water partition coefficient (Wildman–Crippen LogP) is 3.90. The van der Waals surface area contributed by atoms with Crippen molar-refractivity contribution in [2.24, 2.45) is 0 Å². The maximum absolute atomic E-state index is 13.1. The fraction of sp³-hybridized carbons (Fsp3) is 0.0714. The number of halogens is 2. The number of rotatable bonds is 4. The molecule has 2 aromatic carbocycles. The summed E-state index contributed by atoms with van der Waals surface area (Å²) in [5, 5.41) is 12.0. The van der Waals surface area contributed by atoms with Gasteiger partial charge in [0, 0.05) is 12.2 Å². The molecule has 0 aliphatic carbocycles. The quantitative estimate of drug-likeness (QED) is 0.897. The van der Waals surface area contributed by atoms with Gasteiger partial charge in [-0.3, -0.25) is 0 Å². The van der Waals surface area contributed by atoms with Crippen molar-refractivity contribution in [1.82, 2.24) is 0 Å². The van der Waals surface area contributed by atoms with Crippen LogP contribution in [0, 0.1) is 5.82 Å². The lowest BCUT2D eigenvalue weighted by molar-refractivity contribution is 0.0697. The van der Waals surface area contributed by atoms with Crippen LogP contribution in [-0.2, 0) is 6.54 Å². The van der Waals surface area contributed by atoms with Crippen molar-refractivity contribution in [2.45, 2.75) is 6.54 Å². The van der Waals surface area contributed by atoms with Gasteiger partial charge in [0.2, 0.25) is 0 Å². The normalized spacial score (nSPS) is 10.2. The monoisotopic (exact) mass is 323 g/mol. The lowest BCUT2D eigenvalue weighted by Gasteiger charge is -2.08. The Morgan fingerprint density at radius 2 is 2.05 bits per heavy atom. The minimum Gasteiger partial charge on any atom is -0.478 e. The predicted molar refractivity (Wildman–Crippen MR) is 74.8 cm³/mol. The standard InChI is InChI=1S/C14H11BrFNO2/c15-12-6-9(4-5-13(12)16)8-17-11-3-1-2-10(7-11)14(18)19/h1-7,17H,8H2,(H,18,19). The van der Waals surface area contributed by atoms with Crippen molar-refractivity contribution >= 4 is 27.6 Å². The largest absolute Gasteiger partial charge is 0.478 e. The Bertz CT molecular complexity index is 616. The van der Waals surface area contributed by atoms with E-state index in [1.54, 1.807) is 30.3 Å². The van der Waals surface area contributed by atoms with Gasteiger partial charge >= 0.3 is 5.97 Å². The molecule has 2 aromatic rings. The van der Waals surface area contributed by atoms with Crippen molar-refractivity contribution < 1.29 is 14.3 Å². The van der Waals surface area contributed by atoms with Crippen LogP contribution in [0.2, 0.25) is 0 Å². The SMILES string of the molecule is O=C(O)c1cccc(NCc2ccc(F)c(Br)c2)c1. The molecule has 0 spiro atoms. The first-order valence-corrected chi connectivity index (χ1v) is 6.37. The van der Waals surface area contributed by atoms with Gasteiger partial charge in [-0.1, -0.05) is 12.1 Å². The minimum atomic E-state index is -0.965. The first kappa shape index (κ1) is 13.5. The van der Waals surface area contributed by atoms with Gasteiger partial charge in [0.05, 0.1) is 10.0 Å². The molecule has 98 valence electrons. The zero-order valence-corrected chi connectivity index (χ0v) is 11.4. The average Bonchev–Trinajstić information content (AvgIpc) is 2.40. The molecule has 0 saturated heterocycles. The summed E-state index contributed by atoms with van der Waals surface area (Å²) < 4.78 is 13.5. The molecule has 2 N–H and O–H groups in total. The topological polar surface area (TPSA) is 49.3 Å². The molecule has 0 amide bonds. The lowest BCUT2D eigenvalue weighted by atomic mass is 10.2. The summed E-state index contributed by atoms with van der Waals surface area (Å²) >= 11 is 3.12. The van der Waals surface area contributed by atoms with Crippen molar-refractivity contribution in [2.75, 3.05) is 5.32 Å². The summed E-state index contributed by atoms with van der Waals surface area (Å²) in [6, 6.07) is 11.3. The van der Waals surface area contributed by atoms with E-state index >= 15 is 0 Å². The highest BCUT2D eigenvalue weighted by Crippen LogP contribution is 2.18. The highest BCUT2D eigenvalue weighted by atomic mass is 79.9. The summed E-state index contributed by atoms with van der Waals surface area (Å²) in [5.74, 6) is -1.27. The van der Waals surface area contributed by atoms with Crippen LogP contribution < -0.4 is 5.32 Å². The van der Waals surface area contributed by atoms with E-state index in [0.717, 1.165) is 5.56 Å². The van der Waals surface area contributed by atoms with Gasteiger partial charge in [0.15, 0.2) is 0 Å². The summed E-state index contributed by atoms with van der Waals surface area (Å²) in [5.41, 5.74) is 1.83. The van der Waals surface area contributed by atoms with Crippen LogP contribution in [-0.4, -0.2) is 11.1 Å². The Labute approximate surface area is 118 Å². The first-order chi connectivity index (χ1) is 9.06. The van der Waals surface area contributed by atoms with Gasteiger partial charge < -0.3 is 10.4 Å². The molecule has 5 heteroatoms. The molecule has 3 nitrogen and oxygen atoms in total. The molecule has 0 radical (unpaired) electrons. The molecule has 0 aliphatic rings. The third kappa shape index (κ3) is 3.54. The number of carboxylic acids is 1. The number of benzene rings is 2. The third-order valence-electron chi connectivity index (χ3n) is 2.59. The van der Waals surface area contributed by atoms with Gasteiger partial charge in [-0.2, -0.15) is 0 Å². The van der Waals surface area contributed by atoms with Crippen molar-refractivity contribution in [3.05, 3.63) is 63.9 Å². The van der Waals surface area contributed by atoms with Gasteiger partial charge in [-0.15, -0.1) is 0 Å². The number of hydrogen-bond acceptors (Lipinski definition) is 2. The fourth-order valence-corrected chi connectivity index (χ4v) is 2.04. The molecule has 0 atom stereocenters. The zero-order chi connectivity index (χ0) is 13.8. The molecular formula is C14H11BrFNO2. The van der Waals surface area contributed by atoms with Crippen LogP contribution >= 0.6 is 15.9 Å². The maximum atomic E-state index is 13.1. The number of anilines is 1. The summed E-state index contributed by atoms with van der Waals surface area (Å²) in [6.45, 7) is 0.488. The van der Waals surface area contributed by atoms with Gasteiger partial charge in [0.1, 0.15) is 5.82 Å². The second-order valence-electron chi connectivity index (χ2n) is 3.99. The van der Waals surface area contributed by atoms with E-state index in [9.17, 15) is 9.18 Å². The van der Waals surface area contributed by atoms with Crippen molar-refractivity contribution in [3.8, 4) is 0 Å². The molecule has 0 heterocycles. The first-order valence-electron chi connectivity index (χ1n) is 5.57. The number of carbonyl (C=O) groups is 1. The number of aromatic carboxylic acids is 1. The molecular weight excluding hydrogens is 313 g/mol. The summed E-state index contributed by atoms with van der Waals surface area (Å²) in [7, 11) is 0. The minimum absolute atomic E-state index is 0.227. The molecule has 2 rings (SSSR count). The van der Waals surface area contributed by atoms with Crippen LogP contribution in [0.1, 0.15) is 15.9 Å². The Morgan fingerprint density at radius 1 is 1.26 bits per heavy atom. The van der Waals surface area contributed by atoms with Crippen molar-refractivity contribution in [3.63, 3.8) is 0 Å². The van der Waals surface area contributed by atoms with Gasteiger partial charge in [0.25, 0.3) is 0 Å². The van der Waals surface area contributed by atoms with Crippen LogP contribution in [0.3, 0.4) is 0 Å². The van der Waals surface area contributed by atoms with E-state index in [2.05, 4.69) is 21.2 Å². The molecule has 0 aromatic heterocycles. The molecule has 0 fully saturated rings. The Balaban J connectivity index is 2.07. The van der Waals surface area contributed by atoms with E-state index in [1.165, 1.54) is 12.1 Å². The number of hydrogen-bond donors (Lipinski definition) is 2. The highest BCUT2D eigenvalue weighted by molar-refractivity contribution is 9.10. The van der Waals surface area contributed by atoms with E-state index in [4.69, 9.17) is 5.11 Å². The highest BCUT2D eigenvalue weighted by Gasteiger charge is 2.04. The summed E-state index contributed by atoms with van der Waals surface area (Å²) in [6.07, 6.45) is 0. The zero-order valence-electron chi connectivity index (χ0n) is 9.86. The maximum Gasteiger partial charge on any atom is 0.335 e. The van der Waals surface area contributed by atoms with E-state index in [-0.39, 0.29) is 11.4 Å². The third-order valence-corrected chi connectivity index (χ3v) is 3.20. The van der Waals surface area contributed by atoms with Crippen molar-refractivity contribution in [1.29, 1.82) is 0 Å². The van der Waals surface area contributed by atoms with Crippen LogP contribution in [0.25, 0.3) is 0 Å². The van der Waals surface area contributed by atoms with Crippen LogP contribution in [0.5, 0.6) is 0 Å². The second-order valence-corrected chi connectivity index (χ2v) is 4.84. The Hall–Kier alpha value is -1.88.